The van der Waals surface area contributed by atoms with Crippen molar-refractivity contribution >= 4 is 18.6 Å². The first kappa shape index (κ1) is 6.73. The second-order valence-corrected chi connectivity index (χ2v) is 2.87. The molecule has 0 aromatic heterocycles. The van der Waals surface area contributed by atoms with Crippen molar-refractivity contribution in [1.29, 1.82) is 0 Å². The van der Waals surface area contributed by atoms with E-state index in [0.29, 0.717) is 17.1 Å². The summed E-state index contributed by atoms with van der Waals surface area (Å²) in [6, 6.07) is 5.53. The molecule has 11 heavy (non-hydrogen) atoms. The molecule has 2 nitrogen and oxygen atoms in total. The van der Waals surface area contributed by atoms with Gasteiger partial charge in [0.15, 0.2) is 0 Å². The van der Waals surface area contributed by atoms with Gasteiger partial charge in [-0.15, -0.1) is 12.6 Å². The summed E-state index contributed by atoms with van der Waals surface area (Å²) >= 11 is 4.15. The fourth-order valence-corrected chi connectivity index (χ4v) is 1.48. The average Bonchev–Trinajstić information content (AvgIpc) is 2.34. The van der Waals surface area contributed by atoms with Crippen LogP contribution in [0.3, 0.4) is 0 Å². The highest BCUT2D eigenvalue weighted by molar-refractivity contribution is 7.80. The summed E-state index contributed by atoms with van der Waals surface area (Å²) in [5, 5.41) is 0. The molecule has 1 aliphatic heterocycles. The second kappa shape index (κ2) is 2.27. The van der Waals surface area contributed by atoms with E-state index >= 15 is 0 Å². The molecule has 0 aliphatic carbocycles. The fourth-order valence-electron chi connectivity index (χ4n) is 1.16. The lowest BCUT2D eigenvalue weighted by molar-refractivity contribution is 0.0532. The van der Waals surface area contributed by atoms with Gasteiger partial charge in [0.25, 0.3) is 0 Å². The molecule has 2 rings (SSSR count). The first-order valence-corrected chi connectivity index (χ1v) is 3.72. The van der Waals surface area contributed by atoms with Crippen molar-refractivity contribution in [1.82, 2.24) is 0 Å². The Bertz CT molecular complexity index is 320. The Morgan fingerprint density at radius 3 is 3.00 bits per heavy atom. The summed E-state index contributed by atoms with van der Waals surface area (Å²) in [5.74, 6) is -0.259. The lowest BCUT2D eigenvalue weighted by Gasteiger charge is -1.95. The maximum Gasteiger partial charge on any atom is 0.340 e. The van der Waals surface area contributed by atoms with Gasteiger partial charge in [0.1, 0.15) is 6.61 Å². The SMILES string of the molecule is O=C1OCc2cccc(S)c21. The summed E-state index contributed by atoms with van der Waals surface area (Å²) in [7, 11) is 0. The van der Waals surface area contributed by atoms with Gasteiger partial charge >= 0.3 is 5.97 Å². The number of benzene rings is 1. The molecule has 1 aromatic carbocycles. The zero-order valence-electron chi connectivity index (χ0n) is 5.70. The second-order valence-electron chi connectivity index (χ2n) is 2.39. The lowest BCUT2D eigenvalue weighted by atomic mass is 10.1. The molecule has 0 spiro atoms. The van der Waals surface area contributed by atoms with Crippen LogP contribution in [0.2, 0.25) is 0 Å². The maximum absolute atomic E-state index is 11.0. The van der Waals surface area contributed by atoms with Crippen LogP contribution in [0.5, 0.6) is 0 Å². The Labute approximate surface area is 69.6 Å². The van der Waals surface area contributed by atoms with Gasteiger partial charge < -0.3 is 4.74 Å². The van der Waals surface area contributed by atoms with E-state index < -0.39 is 0 Å². The number of hydrogen-bond donors (Lipinski definition) is 1. The number of carbonyl (C=O) groups excluding carboxylic acids is 1. The molecule has 1 aromatic rings. The molecular weight excluding hydrogens is 160 g/mol. The van der Waals surface area contributed by atoms with Crippen molar-refractivity contribution in [3.63, 3.8) is 0 Å². The molecule has 0 atom stereocenters. The van der Waals surface area contributed by atoms with E-state index in [4.69, 9.17) is 4.74 Å². The standard InChI is InChI=1S/C8H6O2S/c9-8-7-5(4-10-8)2-1-3-6(7)11/h1-3,11H,4H2. The first-order valence-electron chi connectivity index (χ1n) is 3.27. The molecule has 0 bridgehead atoms. The van der Waals surface area contributed by atoms with Crippen molar-refractivity contribution < 1.29 is 9.53 Å². The Balaban J connectivity index is 2.68. The number of carbonyl (C=O) groups is 1. The zero-order valence-corrected chi connectivity index (χ0v) is 6.60. The van der Waals surface area contributed by atoms with Crippen LogP contribution in [0.4, 0.5) is 0 Å². The van der Waals surface area contributed by atoms with Gasteiger partial charge in [0.2, 0.25) is 0 Å². The van der Waals surface area contributed by atoms with Crippen molar-refractivity contribution in [2.24, 2.45) is 0 Å². The predicted octanol–water partition coefficient (Wildman–Crippen LogP) is 1.65. The zero-order chi connectivity index (χ0) is 7.84. The van der Waals surface area contributed by atoms with E-state index in [1.807, 2.05) is 12.1 Å². The third kappa shape index (κ3) is 0.922. The van der Waals surface area contributed by atoms with Gasteiger partial charge in [-0.3, -0.25) is 0 Å². The van der Waals surface area contributed by atoms with Crippen LogP contribution in [0.25, 0.3) is 0 Å². The van der Waals surface area contributed by atoms with Crippen LogP contribution < -0.4 is 0 Å². The number of ether oxygens (including phenoxy) is 1. The first-order chi connectivity index (χ1) is 5.29. The lowest BCUT2D eigenvalue weighted by Crippen LogP contribution is -1.94. The third-order valence-corrected chi connectivity index (χ3v) is 2.06. The molecule has 0 radical (unpaired) electrons. The van der Waals surface area contributed by atoms with Crippen molar-refractivity contribution in [2.75, 3.05) is 0 Å². The number of fused-ring (bicyclic) bond motifs is 1. The Morgan fingerprint density at radius 1 is 1.45 bits per heavy atom. The van der Waals surface area contributed by atoms with Gasteiger partial charge in [0, 0.05) is 10.5 Å². The molecule has 0 amide bonds. The van der Waals surface area contributed by atoms with Crippen LogP contribution in [0.15, 0.2) is 23.1 Å². The summed E-state index contributed by atoms with van der Waals surface area (Å²) in [4.78, 5) is 11.7. The van der Waals surface area contributed by atoms with Crippen LogP contribution in [0.1, 0.15) is 15.9 Å². The fraction of sp³-hybridized carbons (Fsp3) is 0.125. The van der Waals surface area contributed by atoms with Crippen molar-refractivity contribution in [2.45, 2.75) is 11.5 Å². The minimum atomic E-state index is -0.259. The molecule has 0 unspecified atom stereocenters. The highest BCUT2D eigenvalue weighted by Gasteiger charge is 2.22. The predicted molar refractivity (Wildman–Crippen MR) is 42.8 cm³/mol. The van der Waals surface area contributed by atoms with Crippen LogP contribution >= 0.6 is 12.6 Å². The smallest absolute Gasteiger partial charge is 0.340 e. The molecule has 1 heterocycles. The van der Waals surface area contributed by atoms with E-state index in [1.165, 1.54) is 0 Å². The number of thiol groups is 1. The van der Waals surface area contributed by atoms with E-state index in [2.05, 4.69) is 12.6 Å². The largest absolute Gasteiger partial charge is 0.457 e. The summed E-state index contributed by atoms with van der Waals surface area (Å²) in [6.07, 6.45) is 0. The number of esters is 1. The number of cyclic esters (lactones) is 1. The van der Waals surface area contributed by atoms with Gasteiger partial charge in [-0.2, -0.15) is 0 Å². The van der Waals surface area contributed by atoms with Crippen LogP contribution in [-0.4, -0.2) is 5.97 Å². The van der Waals surface area contributed by atoms with Crippen LogP contribution in [-0.2, 0) is 11.3 Å². The minimum absolute atomic E-state index is 0.259. The Hall–Kier alpha value is -0.960. The third-order valence-electron chi connectivity index (χ3n) is 1.69. The molecule has 56 valence electrons. The monoisotopic (exact) mass is 166 g/mol. The summed E-state index contributed by atoms with van der Waals surface area (Å²) < 4.78 is 4.82. The normalized spacial score (nSPS) is 14.5. The number of hydrogen-bond acceptors (Lipinski definition) is 3. The van der Waals surface area contributed by atoms with Gasteiger partial charge in [-0.1, -0.05) is 12.1 Å². The molecule has 0 saturated carbocycles. The van der Waals surface area contributed by atoms with Crippen LogP contribution in [0, 0.1) is 0 Å². The number of rotatable bonds is 0. The van der Waals surface area contributed by atoms with Gasteiger partial charge in [-0.05, 0) is 6.07 Å². The Kier molecular flexibility index (Phi) is 1.39. The van der Waals surface area contributed by atoms with E-state index in [-0.39, 0.29) is 5.97 Å². The molecule has 0 N–H and O–H groups in total. The van der Waals surface area contributed by atoms with E-state index in [1.54, 1.807) is 6.07 Å². The summed E-state index contributed by atoms with van der Waals surface area (Å²) in [5.41, 5.74) is 1.55. The summed E-state index contributed by atoms with van der Waals surface area (Å²) in [6.45, 7) is 0.391. The quantitative estimate of drug-likeness (QED) is 0.468. The van der Waals surface area contributed by atoms with E-state index in [0.717, 1.165) is 5.56 Å². The van der Waals surface area contributed by atoms with Gasteiger partial charge in [-0.25, -0.2) is 4.79 Å². The van der Waals surface area contributed by atoms with Crippen molar-refractivity contribution in [3.8, 4) is 0 Å². The molecule has 3 heteroatoms. The topological polar surface area (TPSA) is 26.3 Å². The molecule has 1 aliphatic rings. The Morgan fingerprint density at radius 2 is 2.27 bits per heavy atom. The molecule has 0 fully saturated rings. The maximum atomic E-state index is 11.0. The van der Waals surface area contributed by atoms with Crippen molar-refractivity contribution in [3.05, 3.63) is 29.3 Å². The molecule has 0 saturated heterocycles. The highest BCUT2D eigenvalue weighted by Crippen LogP contribution is 2.25. The molecular formula is C8H6O2S. The average molecular weight is 166 g/mol. The van der Waals surface area contributed by atoms with Gasteiger partial charge in [0.05, 0.1) is 5.56 Å². The minimum Gasteiger partial charge on any atom is -0.457 e. The van der Waals surface area contributed by atoms with E-state index in [9.17, 15) is 4.79 Å². The highest BCUT2D eigenvalue weighted by atomic mass is 32.1.